The SMILES string of the molecule is CC(=O)NC(CSC(=O)CCC(=O)OC(CCCOC(=O)CCC(=O)O)OC(C)=O)C(=O)O. The molecule has 13 nitrogen and oxygen atoms in total. The van der Waals surface area contributed by atoms with Crippen LogP contribution < -0.4 is 5.32 Å². The van der Waals surface area contributed by atoms with E-state index in [0.29, 0.717) is 11.8 Å². The molecule has 0 aromatic rings. The first-order chi connectivity index (χ1) is 15.4. The summed E-state index contributed by atoms with van der Waals surface area (Å²) in [6.45, 7) is 2.13. The normalized spacial score (nSPS) is 12.1. The Kier molecular flexibility index (Phi) is 14.9. The summed E-state index contributed by atoms with van der Waals surface area (Å²) in [6, 6.07) is -1.25. The summed E-state index contributed by atoms with van der Waals surface area (Å²) >= 11 is 0.639. The molecule has 0 aliphatic rings. The molecule has 0 heterocycles. The largest absolute Gasteiger partial charge is 0.481 e. The number of carbonyl (C=O) groups is 7. The number of nitrogens with one attached hydrogen (secondary N) is 1. The number of amides is 1. The predicted octanol–water partition coefficient (Wildman–Crippen LogP) is 0.236. The van der Waals surface area contributed by atoms with Gasteiger partial charge in [0, 0.05) is 32.4 Å². The molecule has 0 bridgehead atoms. The maximum Gasteiger partial charge on any atom is 0.327 e. The highest BCUT2D eigenvalue weighted by molar-refractivity contribution is 8.13. The number of carbonyl (C=O) groups excluding carboxylic acids is 5. The number of esters is 3. The van der Waals surface area contributed by atoms with Gasteiger partial charge in [-0.25, -0.2) is 4.79 Å². The molecule has 3 N–H and O–H groups in total. The second kappa shape index (κ2) is 16.5. The summed E-state index contributed by atoms with van der Waals surface area (Å²) in [5.74, 6) is -5.50. The van der Waals surface area contributed by atoms with Crippen molar-refractivity contribution in [1.82, 2.24) is 5.32 Å². The molecular formula is C19H27NO12S. The van der Waals surface area contributed by atoms with Gasteiger partial charge in [0.1, 0.15) is 6.04 Å². The highest BCUT2D eigenvalue weighted by Crippen LogP contribution is 2.13. The molecule has 2 unspecified atom stereocenters. The molecule has 0 fully saturated rings. The standard InChI is InChI=1S/C19H27NO12S/c1-11(21)20-13(19(28)29)10-33-17(27)8-7-16(26)32-18(31-12(2)22)4-3-9-30-15(25)6-5-14(23)24/h13,18H,3-10H2,1-2H3,(H,20,21)(H,23,24)(H,28,29). The summed E-state index contributed by atoms with van der Waals surface area (Å²) in [5.41, 5.74) is 0. The quantitative estimate of drug-likeness (QED) is 0.150. The maximum atomic E-state index is 12.0. The average molecular weight is 493 g/mol. The van der Waals surface area contributed by atoms with Crippen LogP contribution in [0.4, 0.5) is 0 Å². The Morgan fingerprint density at radius 1 is 0.879 bits per heavy atom. The van der Waals surface area contributed by atoms with E-state index < -0.39 is 53.2 Å². The topological polar surface area (TPSA) is 200 Å². The molecule has 33 heavy (non-hydrogen) atoms. The third kappa shape index (κ3) is 17.1. The highest BCUT2D eigenvalue weighted by Gasteiger charge is 2.22. The summed E-state index contributed by atoms with van der Waals surface area (Å²) in [7, 11) is 0. The highest BCUT2D eigenvalue weighted by atomic mass is 32.2. The van der Waals surface area contributed by atoms with Crippen LogP contribution in [0.1, 0.15) is 52.4 Å². The van der Waals surface area contributed by atoms with Gasteiger partial charge < -0.3 is 29.7 Å². The van der Waals surface area contributed by atoms with Crippen molar-refractivity contribution < 1.29 is 58.0 Å². The Balaban J connectivity index is 4.38. The van der Waals surface area contributed by atoms with E-state index in [2.05, 4.69) is 5.32 Å². The second-order valence-corrected chi connectivity index (χ2v) is 7.64. The monoisotopic (exact) mass is 493 g/mol. The number of carboxylic acid groups (broad SMARTS) is 2. The Hall–Kier alpha value is -3.16. The molecule has 2 atom stereocenters. The minimum Gasteiger partial charge on any atom is -0.481 e. The molecule has 0 rings (SSSR count). The molecule has 14 heteroatoms. The van der Waals surface area contributed by atoms with Crippen LogP contribution in [0.2, 0.25) is 0 Å². The molecular weight excluding hydrogens is 466 g/mol. The van der Waals surface area contributed by atoms with Crippen LogP contribution in [-0.2, 0) is 47.8 Å². The Morgan fingerprint density at radius 2 is 1.52 bits per heavy atom. The van der Waals surface area contributed by atoms with E-state index in [9.17, 15) is 33.6 Å². The average Bonchev–Trinajstić information content (AvgIpc) is 2.70. The molecule has 1 amide bonds. The van der Waals surface area contributed by atoms with Gasteiger partial charge in [0.05, 0.1) is 25.9 Å². The van der Waals surface area contributed by atoms with Gasteiger partial charge in [0.2, 0.25) is 12.2 Å². The Labute approximate surface area is 193 Å². The summed E-state index contributed by atoms with van der Waals surface area (Å²) < 4.78 is 14.7. The Bertz CT molecular complexity index is 738. The smallest absolute Gasteiger partial charge is 0.327 e. The molecule has 0 aromatic heterocycles. The third-order valence-electron chi connectivity index (χ3n) is 3.57. The number of thioether (sulfide) groups is 1. The van der Waals surface area contributed by atoms with Gasteiger partial charge in [0.25, 0.3) is 0 Å². The first kappa shape index (κ1) is 29.8. The van der Waals surface area contributed by atoms with E-state index >= 15 is 0 Å². The van der Waals surface area contributed by atoms with E-state index in [1.165, 1.54) is 0 Å². The van der Waals surface area contributed by atoms with Crippen LogP contribution in [0.25, 0.3) is 0 Å². The second-order valence-electron chi connectivity index (χ2n) is 6.56. The van der Waals surface area contributed by atoms with Crippen molar-refractivity contribution in [2.45, 2.75) is 64.7 Å². The fourth-order valence-corrected chi connectivity index (χ4v) is 2.95. The van der Waals surface area contributed by atoms with Gasteiger partial charge in [-0.2, -0.15) is 0 Å². The van der Waals surface area contributed by atoms with E-state index in [-0.39, 0.29) is 50.9 Å². The van der Waals surface area contributed by atoms with E-state index in [0.717, 1.165) is 13.8 Å². The minimum atomic E-state index is -1.30. The van der Waals surface area contributed by atoms with Crippen LogP contribution in [0.5, 0.6) is 0 Å². The number of hydrogen-bond donors (Lipinski definition) is 3. The van der Waals surface area contributed by atoms with Crippen molar-refractivity contribution in [3.63, 3.8) is 0 Å². The van der Waals surface area contributed by atoms with E-state index in [4.69, 9.17) is 24.4 Å². The number of hydrogen-bond acceptors (Lipinski definition) is 11. The van der Waals surface area contributed by atoms with Crippen molar-refractivity contribution in [1.29, 1.82) is 0 Å². The van der Waals surface area contributed by atoms with Crippen LogP contribution in [0, 0.1) is 0 Å². The van der Waals surface area contributed by atoms with Crippen LogP contribution in [-0.4, -0.2) is 75.8 Å². The lowest BCUT2D eigenvalue weighted by atomic mass is 10.3. The molecule has 0 radical (unpaired) electrons. The van der Waals surface area contributed by atoms with Gasteiger partial charge in [-0.05, 0) is 6.42 Å². The predicted molar refractivity (Wildman–Crippen MR) is 111 cm³/mol. The van der Waals surface area contributed by atoms with Crippen LogP contribution in [0.15, 0.2) is 0 Å². The van der Waals surface area contributed by atoms with Gasteiger partial charge in [-0.15, -0.1) is 0 Å². The number of aliphatic carboxylic acids is 2. The fourth-order valence-electron chi connectivity index (χ4n) is 2.12. The lowest BCUT2D eigenvalue weighted by Crippen LogP contribution is -2.41. The maximum absolute atomic E-state index is 12.0. The first-order valence-corrected chi connectivity index (χ1v) is 10.8. The summed E-state index contributed by atoms with van der Waals surface area (Å²) in [6.07, 6.45) is -2.41. The van der Waals surface area contributed by atoms with Gasteiger partial charge in [0.15, 0.2) is 5.12 Å². The molecule has 0 aliphatic carbocycles. The first-order valence-electron chi connectivity index (χ1n) is 9.80. The number of carboxylic acids is 2. The van der Waals surface area contributed by atoms with Gasteiger partial charge in [-0.3, -0.25) is 28.8 Å². The van der Waals surface area contributed by atoms with Crippen LogP contribution in [0.3, 0.4) is 0 Å². The van der Waals surface area contributed by atoms with Gasteiger partial charge in [-0.1, -0.05) is 11.8 Å². The van der Waals surface area contributed by atoms with Crippen molar-refractivity contribution in [3.8, 4) is 0 Å². The molecule has 0 saturated carbocycles. The Morgan fingerprint density at radius 3 is 2.06 bits per heavy atom. The molecule has 0 spiro atoms. The minimum absolute atomic E-state index is 0.00274. The van der Waals surface area contributed by atoms with Crippen molar-refractivity contribution in [2.75, 3.05) is 12.4 Å². The van der Waals surface area contributed by atoms with E-state index in [1.807, 2.05) is 0 Å². The number of rotatable bonds is 16. The lowest BCUT2D eigenvalue weighted by molar-refractivity contribution is -0.188. The van der Waals surface area contributed by atoms with Crippen molar-refractivity contribution in [3.05, 3.63) is 0 Å². The van der Waals surface area contributed by atoms with Crippen LogP contribution >= 0.6 is 11.8 Å². The van der Waals surface area contributed by atoms with Crippen molar-refractivity contribution in [2.24, 2.45) is 0 Å². The third-order valence-corrected chi connectivity index (χ3v) is 4.60. The summed E-state index contributed by atoms with van der Waals surface area (Å²) in [5, 5.41) is 19.2. The zero-order valence-electron chi connectivity index (χ0n) is 18.2. The molecule has 186 valence electrons. The number of ether oxygens (including phenoxy) is 3. The van der Waals surface area contributed by atoms with E-state index in [1.54, 1.807) is 0 Å². The van der Waals surface area contributed by atoms with Crippen molar-refractivity contribution >= 4 is 52.6 Å². The molecule has 0 saturated heterocycles. The summed E-state index contributed by atoms with van der Waals surface area (Å²) in [4.78, 5) is 78.7. The van der Waals surface area contributed by atoms with Gasteiger partial charge >= 0.3 is 29.8 Å². The molecule has 0 aromatic carbocycles. The lowest BCUT2D eigenvalue weighted by Gasteiger charge is -2.17. The zero-order chi connectivity index (χ0) is 25.4. The molecule has 0 aliphatic heterocycles. The fraction of sp³-hybridized carbons (Fsp3) is 0.632. The zero-order valence-corrected chi connectivity index (χ0v) is 19.0.